The first-order chi connectivity index (χ1) is 41.5. The van der Waals surface area contributed by atoms with Crippen LogP contribution in [0.25, 0.3) is 0 Å². The number of urea groups is 2. The smallest absolute Gasteiger partial charge is 0.342 e. The largest absolute Gasteiger partial charge is 0.495 e. The Labute approximate surface area is 509 Å². The van der Waals surface area contributed by atoms with Crippen molar-refractivity contribution in [3.05, 3.63) is 138 Å². The Hall–Kier alpha value is -8.99. The number of carboxylic acids is 2. The molecular formula is C60H71N11O15S2. The molecule has 0 spiro atoms. The van der Waals surface area contributed by atoms with Gasteiger partial charge in [0.05, 0.1) is 54.5 Å². The number of anilines is 4. The van der Waals surface area contributed by atoms with Gasteiger partial charge < -0.3 is 55.5 Å². The third-order valence-corrected chi connectivity index (χ3v) is 19.0. The van der Waals surface area contributed by atoms with Gasteiger partial charge in [0.15, 0.2) is 0 Å². The summed E-state index contributed by atoms with van der Waals surface area (Å²) in [7, 11) is -9.25. The molecule has 8 N–H and O–H groups in total. The van der Waals surface area contributed by atoms with Gasteiger partial charge in [0, 0.05) is 43.0 Å². The number of rotatable bonds is 23. The second-order valence-electron chi connectivity index (χ2n) is 21.6. The molecule has 5 aromatic rings. The molecule has 5 heterocycles. The van der Waals surface area contributed by atoms with Gasteiger partial charge in [0.1, 0.15) is 37.1 Å². The predicted molar refractivity (Wildman–Crippen MR) is 327 cm³/mol. The summed E-state index contributed by atoms with van der Waals surface area (Å²) in [5.74, 6) is -4.44. The van der Waals surface area contributed by atoms with Crippen LogP contribution in [0.5, 0.6) is 5.75 Å². The number of hydrogen-bond donors (Lipinski definition) is 8. The van der Waals surface area contributed by atoms with Gasteiger partial charge in [-0.05, 0) is 104 Å². The maximum atomic E-state index is 14.9. The zero-order chi connectivity index (χ0) is 62.2. The van der Waals surface area contributed by atoms with Crippen molar-refractivity contribution >= 4 is 90.4 Å². The molecule has 6 amide bonds. The average molecular weight is 1250 g/mol. The summed E-state index contributed by atoms with van der Waals surface area (Å²) >= 11 is 0. The summed E-state index contributed by atoms with van der Waals surface area (Å²) in [6.07, 6.45) is 0.900. The first-order valence-corrected chi connectivity index (χ1v) is 31.0. The number of carbonyl (C=O) groups is 6. The second-order valence-corrected chi connectivity index (χ2v) is 25.2. The molecule has 88 heavy (non-hydrogen) atoms. The van der Waals surface area contributed by atoms with Crippen LogP contribution >= 0.6 is 0 Å². The van der Waals surface area contributed by atoms with Crippen molar-refractivity contribution in [1.82, 2.24) is 24.2 Å². The quantitative estimate of drug-likeness (QED) is 0.0363. The van der Waals surface area contributed by atoms with Gasteiger partial charge in [0.25, 0.3) is 0 Å². The lowest BCUT2D eigenvalue weighted by Crippen LogP contribution is -2.66. The van der Waals surface area contributed by atoms with E-state index in [1.54, 1.807) is 59.5 Å². The number of methoxy groups -OCH3 is 1. The van der Waals surface area contributed by atoms with Crippen molar-refractivity contribution in [2.24, 2.45) is 15.9 Å². The lowest BCUT2D eigenvalue weighted by atomic mass is 10.0. The lowest BCUT2D eigenvalue weighted by molar-refractivity contribution is -0.142. The number of aryl methyl sites for hydroxylation is 2. The van der Waals surface area contributed by atoms with Crippen LogP contribution in [0.4, 0.5) is 32.3 Å². The van der Waals surface area contributed by atoms with Crippen molar-refractivity contribution in [3.63, 3.8) is 0 Å². The molecule has 0 radical (unpaired) electrons. The van der Waals surface area contributed by atoms with E-state index in [0.717, 1.165) is 23.3 Å². The number of hydrogen-bond acceptors (Lipinski definition) is 16. The maximum absolute atomic E-state index is 14.9. The number of nitrogens with zero attached hydrogens (tertiary/aromatic N) is 5. The number of sulfonamides is 2. The van der Waals surface area contributed by atoms with Crippen molar-refractivity contribution in [1.29, 1.82) is 0 Å². The van der Waals surface area contributed by atoms with Crippen molar-refractivity contribution in [3.8, 4) is 5.75 Å². The number of para-hydroxylation sites is 2. The number of aliphatic carboxylic acids is 2. The van der Waals surface area contributed by atoms with Crippen LogP contribution < -0.4 is 35.4 Å². The standard InChI is InChI=1S/C59H67N11O15S2.CH4/c1-35-13-8-10-17-44(35)64-57(77)63-40-22-21-39(60-32-40)30-51(72)70-26-24-37(3)52(70)54-61-41(33-85-54)29-47(55(73)74)67-87(81,82)59(56(75)76,68-86(79,80)43-15-6-5-7-16-43)31-42-34-84-53(62-42)48-19-12-25-69(48)50(71)28-38-20-23-46(49(27-38)83-4)66-58(78)65-45-18-11-9-14-36(45)2;/h5-11,13-18,20-23,27,32,37,41-42,47-48,52,67-68H,12,19,24-26,28-31,33-34H2,1-4H3,(H,73,74)(H,75,76)(H2,63,64,77)(H2,65,66,78);1H4. The van der Waals surface area contributed by atoms with E-state index in [4.69, 9.17) is 14.2 Å². The maximum Gasteiger partial charge on any atom is 0.342 e. The highest BCUT2D eigenvalue weighted by Gasteiger charge is 2.57. The minimum absolute atomic E-state index is 0. The highest BCUT2D eigenvalue weighted by atomic mass is 32.2. The van der Waals surface area contributed by atoms with E-state index in [9.17, 15) is 55.8 Å². The van der Waals surface area contributed by atoms with E-state index in [2.05, 4.69) is 36.2 Å². The van der Waals surface area contributed by atoms with Crippen LogP contribution in [0.2, 0.25) is 0 Å². The number of ether oxygens (including phenoxy) is 3. The van der Waals surface area contributed by atoms with Crippen LogP contribution in [0.15, 0.2) is 130 Å². The van der Waals surface area contributed by atoms with Crippen LogP contribution in [0.3, 0.4) is 0 Å². The minimum Gasteiger partial charge on any atom is -0.495 e. The molecular weight excluding hydrogens is 1180 g/mol. The average Bonchev–Trinajstić information content (AvgIpc) is 3.13. The van der Waals surface area contributed by atoms with Gasteiger partial charge in [-0.25, -0.2) is 41.2 Å². The minimum atomic E-state index is -5.65. The molecule has 0 saturated carbocycles. The van der Waals surface area contributed by atoms with Crippen molar-refractivity contribution in [2.75, 3.05) is 54.7 Å². The molecule has 7 atom stereocenters. The van der Waals surface area contributed by atoms with E-state index >= 15 is 0 Å². The highest BCUT2D eigenvalue weighted by Crippen LogP contribution is 2.34. The monoisotopic (exact) mass is 1250 g/mol. The number of aliphatic imine (C=N–C) groups is 2. The van der Waals surface area contributed by atoms with Crippen LogP contribution in [0, 0.1) is 19.8 Å². The topological polar surface area (TPSA) is 355 Å². The highest BCUT2D eigenvalue weighted by molar-refractivity contribution is 7.94. The second kappa shape index (κ2) is 27.8. The molecule has 0 bridgehead atoms. The molecule has 1 aromatic heterocycles. The molecule has 468 valence electrons. The summed E-state index contributed by atoms with van der Waals surface area (Å²) in [6.45, 7) is 5.51. The fourth-order valence-corrected chi connectivity index (χ4v) is 14.3. The third-order valence-electron chi connectivity index (χ3n) is 15.5. The number of likely N-dealkylation sites (tertiary alicyclic amines) is 2. The van der Waals surface area contributed by atoms with Crippen molar-refractivity contribution < 1.29 is 70.0 Å². The summed E-state index contributed by atoms with van der Waals surface area (Å²) in [6, 6.07) is 22.0. The van der Waals surface area contributed by atoms with E-state index in [1.165, 1.54) is 36.4 Å². The Morgan fingerprint density at radius 1 is 0.716 bits per heavy atom. The Morgan fingerprint density at radius 2 is 1.33 bits per heavy atom. The number of aromatic nitrogens is 1. The number of amides is 6. The molecule has 9 rings (SSSR count). The number of pyridine rings is 1. The number of benzene rings is 4. The zero-order valence-corrected chi connectivity index (χ0v) is 49.6. The van der Waals surface area contributed by atoms with Gasteiger partial charge in [-0.15, -0.1) is 0 Å². The molecule has 7 unspecified atom stereocenters. The van der Waals surface area contributed by atoms with Crippen LogP contribution in [-0.4, -0.2) is 158 Å². The fourth-order valence-electron chi connectivity index (χ4n) is 10.9. The van der Waals surface area contributed by atoms with Crippen molar-refractivity contribution in [2.45, 2.75) is 113 Å². The summed E-state index contributed by atoms with van der Waals surface area (Å²) in [5, 5.41) is 32.6. The van der Waals surface area contributed by atoms with Gasteiger partial charge in [0.2, 0.25) is 48.5 Å². The lowest BCUT2D eigenvalue weighted by Gasteiger charge is -2.32. The molecule has 26 nitrogen and oxygen atoms in total. The van der Waals surface area contributed by atoms with E-state index in [-0.39, 0.29) is 68.7 Å². The van der Waals surface area contributed by atoms with E-state index in [1.807, 2.05) is 54.5 Å². The normalized spacial score (nSPS) is 20.0. The van der Waals surface area contributed by atoms with Gasteiger partial charge in [-0.2, -0.15) is 9.44 Å². The fraction of sp³-hybridized carbons (Fsp3) is 0.383. The predicted octanol–water partition coefficient (Wildman–Crippen LogP) is 6.15. The van der Waals surface area contributed by atoms with Crippen LogP contribution in [0.1, 0.15) is 68.8 Å². The molecule has 28 heteroatoms. The Balaban J connectivity index is 0.0000100. The third kappa shape index (κ3) is 15.0. The van der Waals surface area contributed by atoms with Gasteiger partial charge in [-0.1, -0.05) is 75.0 Å². The summed E-state index contributed by atoms with van der Waals surface area (Å²) in [5.41, 5.74) is 4.66. The Morgan fingerprint density at radius 3 is 1.97 bits per heavy atom. The molecule has 4 aliphatic heterocycles. The number of nitrogens with one attached hydrogen (secondary N) is 6. The number of carbonyl (C=O) groups excluding carboxylic acids is 4. The first kappa shape index (κ1) is 65.0. The Bertz CT molecular complexity index is 3720. The van der Waals surface area contributed by atoms with Crippen LogP contribution in [-0.2, 0) is 61.5 Å². The number of carboxylic acid groups (broad SMARTS) is 2. The first-order valence-electron chi connectivity index (χ1n) is 28.0. The van der Waals surface area contributed by atoms with Gasteiger partial charge >= 0.3 is 24.0 Å². The summed E-state index contributed by atoms with van der Waals surface area (Å²) in [4.78, 5) is 92.8. The molecule has 4 aromatic carbocycles. The summed E-state index contributed by atoms with van der Waals surface area (Å²) < 4.78 is 79.2. The zero-order valence-electron chi connectivity index (χ0n) is 48.0. The SMILES string of the molecule is C.COc1cc(CC(=O)N2CCCC2C2=NC(CC(NS(=O)(=O)c3ccccc3)(C(=O)O)S(=O)(=O)NC(CC3COC(C4C(C)CCN4C(=O)Cc4ccc(NC(=O)Nc5ccccc5C)cn4)=N3)C(=O)O)CO2)ccc1NC(=O)Nc1ccccc1C. The molecule has 2 fully saturated rings. The van der Waals surface area contributed by atoms with E-state index < -0.39 is 103 Å². The van der Waals surface area contributed by atoms with Gasteiger partial charge in [-0.3, -0.25) is 19.4 Å². The molecule has 4 aliphatic rings. The molecule has 2 saturated heterocycles. The Kier molecular flexibility index (Phi) is 20.5. The van der Waals surface area contributed by atoms with E-state index in [0.29, 0.717) is 59.8 Å². The molecule has 0 aliphatic carbocycles.